The quantitative estimate of drug-likeness (QED) is 0.298. The highest BCUT2D eigenvalue weighted by atomic mass is 79.9. The van der Waals surface area contributed by atoms with Crippen molar-refractivity contribution in [3.63, 3.8) is 0 Å². The van der Waals surface area contributed by atoms with Crippen molar-refractivity contribution in [2.24, 2.45) is 10.4 Å². The van der Waals surface area contributed by atoms with Gasteiger partial charge in [-0.2, -0.15) is 0 Å². The van der Waals surface area contributed by atoms with E-state index in [9.17, 15) is 4.79 Å². The average molecular weight is 439 g/mol. The number of guanidine groups is 1. The zero-order valence-corrected chi connectivity index (χ0v) is 17.9. The van der Waals surface area contributed by atoms with Crippen LogP contribution in [0.4, 0.5) is 0 Å². The number of halogens is 1. The van der Waals surface area contributed by atoms with E-state index in [2.05, 4.69) is 36.9 Å². The predicted molar refractivity (Wildman–Crippen MR) is 113 cm³/mol. The van der Waals surface area contributed by atoms with E-state index in [1.165, 1.54) is 19.3 Å². The van der Waals surface area contributed by atoms with E-state index < -0.39 is 0 Å². The van der Waals surface area contributed by atoms with Crippen LogP contribution >= 0.6 is 15.9 Å². The first kappa shape index (κ1) is 21.7. The zero-order valence-electron chi connectivity index (χ0n) is 16.3. The number of ether oxygens (including phenoxy) is 1. The van der Waals surface area contributed by atoms with Crippen molar-refractivity contribution in [3.8, 4) is 0 Å². The normalized spacial score (nSPS) is 15.7. The molecule has 1 aliphatic rings. The van der Waals surface area contributed by atoms with Gasteiger partial charge in [-0.25, -0.2) is 0 Å². The molecule has 7 heteroatoms. The van der Waals surface area contributed by atoms with Gasteiger partial charge in [-0.3, -0.25) is 9.79 Å². The Hall–Kier alpha value is -1.60. The lowest BCUT2D eigenvalue weighted by molar-refractivity contribution is 0.0732. The molecule has 6 nitrogen and oxygen atoms in total. The van der Waals surface area contributed by atoms with Crippen LogP contribution in [0, 0.1) is 5.41 Å². The van der Waals surface area contributed by atoms with E-state index in [0.717, 1.165) is 43.0 Å². The van der Waals surface area contributed by atoms with Gasteiger partial charge in [0.2, 0.25) is 0 Å². The van der Waals surface area contributed by atoms with Gasteiger partial charge in [0, 0.05) is 50.4 Å². The molecule has 0 atom stereocenters. The van der Waals surface area contributed by atoms with Gasteiger partial charge in [0.05, 0.1) is 0 Å². The summed E-state index contributed by atoms with van der Waals surface area (Å²) in [7, 11) is 3.54. The fourth-order valence-electron chi connectivity index (χ4n) is 3.23. The summed E-state index contributed by atoms with van der Waals surface area (Å²) in [6.45, 7) is 3.11. The van der Waals surface area contributed by atoms with Crippen LogP contribution in [0.25, 0.3) is 0 Å². The molecule has 2 rings (SSSR count). The fourth-order valence-corrected chi connectivity index (χ4v) is 3.63. The Morgan fingerprint density at radius 1 is 1.26 bits per heavy atom. The van der Waals surface area contributed by atoms with Gasteiger partial charge in [0.25, 0.3) is 5.91 Å². The first-order valence-corrected chi connectivity index (χ1v) is 10.4. The Morgan fingerprint density at radius 3 is 2.67 bits per heavy atom. The van der Waals surface area contributed by atoms with Crippen molar-refractivity contribution in [1.82, 2.24) is 16.0 Å². The summed E-state index contributed by atoms with van der Waals surface area (Å²) in [6.07, 6.45) is 5.73. The topological polar surface area (TPSA) is 74.8 Å². The standard InChI is InChI=1S/C20H31BrN4O2/c1-22-19(25-15-20(8-4-9-20)10-13-27-2)24-12-5-11-23-18(26)16-6-3-7-17(21)14-16/h3,6-7,14H,4-5,8-13,15H2,1-2H3,(H,23,26)(H2,22,24,25). The van der Waals surface area contributed by atoms with Crippen molar-refractivity contribution in [3.05, 3.63) is 34.3 Å². The summed E-state index contributed by atoms with van der Waals surface area (Å²) in [5.41, 5.74) is 1.02. The third-order valence-electron chi connectivity index (χ3n) is 5.12. The van der Waals surface area contributed by atoms with Crippen LogP contribution in [0.5, 0.6) is 0 Å². The van der Waals surface area contributed by atoms with Gasteiger partial charge < -0.3 is 20.7 Å². The molecule has 1 fully saturated rings. The van der Waals surface area contributed by atoms with Crippen LogP contribution < -0.4 is 16.0 Å². The molecule has 0 spiro atoms. The lowest BCUT2D eigenvalue weighted by atomic mass is 9.67. The first-order valence-electron chi connectivity index (χ1n) is 9.56. The molecule has 3 N–H and O–H groups in total. The number of hydrogen-bond donors (Lipinski definition) is 3. The van der Waals surface area contributed by atoms with Crippen molar-refractivity contribution < 1.29 is 9.53 Å². The molecule has 0 saturated heterocycles. The van der Waals surface area contributed by atoms with E-state index in [1.54, 1.807) is 14.2 Å². The number of hydrogen-bond acceptors (Lipinski definition) is 3. The molecule has 1 aliphatic carbocycles. The molecule has 1 amide bonds. The summed E-state index contributed by atoms with van der Waals surface area (Å²) < 4.78 is 6.15. The maximum absolute atomic E-state index is 12.1. The Morgan fingerprint density at radius 2 is 2.04 bits per heavy atom. The van der Waals surface area contributed by atoms with Gasteiger partial charge in [-0.1, -0.05) is 28.4 Å². The van der Waals surface area contributed by atoms with Gasteiger partial charge in [-0.05, 0) is 49.3 Å². The number of amides is 1. The molecule has 0 aliphatic heterocycles. The highest BCUT2D eigenvalue weighted by Gasteiger charge is 2.36. The van der Waals surface area contributed by atoms with Crippen LogP contribution in [-0.4, -0.2) is 52.3 Å². The lowest BCUT2D eigenvalue weighted by Gasteiger charge is -2.42. The number of carbonyl (C=O) groups excluding carboxylic acids is 1. The minimum atomic E-state index is -0.0520. The number of nitrogens with one attached hydrogen (secondary N) is 3. The van der Waals surface area contributed by atoms with Crippen LogP contribution in [0.2, 0.25) is 0 Å². The Bertz CT molecular complexity index is 632. The minimum absolute atomic E-state index is 0.0520. The van der Waals surface area contributed by atoms with Crippen molar-refractivity contribution in [1.29, 1.82) is 0 Å². The Kier molecular flexibility index (Phi) is 9.07. The molecule has 0 bridgehead atoms. The molecular formula is C20H31BrN4O2. The van der Waals surface area contributed by atoms with Crippen LogP contribution in [0.3, 0.4) is 0 Å². The third-order valence-corrected chi connectivity index (χ3v) is 5.62. The SMILES string of the molecule is CN=C(NCCCNC(=O)c1cccc(Br)c1)NCC1(CCOC)CCC1. The third kappa shape index (κ3) is 7.14. The molecular weight excluding hydrogens is 408 g/mol. The Labute approximate surface area is 170 Å². The summed E-state index contributed by atoms with van der Waals surface area (Å²) in [4.78, 5) is 16.4. The molecule has 1 aromatic carbocycles. The van der Waals surface area contributed by atoms with Crippen LogP contribution in [-0.2, 0) is 4.74 Å². The smallest absolute Gasteiger partial charge is 0.251 e. The van der Waals surface area contributed by atoms with E-state index in [-0.39, 0.29) is 5.91 Å². The van der Waals surface area contributed by atoms with Crippen molar-refractivity contribution >= 4 is 27.8 Å². The van der Waals surface area contributed by atoms with E-state index >= 15 is 0 Å². The summed E-state index contributed by atoms with van der Waals surface area (Å²) >= 11 is 3.38. The van der Waals surface area contributed by atoms with E-state index in [4.69, 9.17) is 4.74 Å². The maximum Gasteiger partial charge on any atom is 0.251 e. The van der Waals surface area contributed by atoms with Crippen molar-refractivity contribution in [2.75, 3.05) is 40.4 Å². The number of carbonyl (C=O) groups is 1. The van der Waals surface area contributed by atoms with Gasteiger partial charge in [0.15, 0.2) is 5.96 Å². The van der Waals surface area contributed by atoms with Gasteiger partial charge in [-0.15, -0.1) is 0 Å². The summed E-state index contributed by atoms with van der Waals surface area (Å²) in [6, 6.07) is 7.39. The maximum atomic E-state index is 12.1. The molecule has 1 saturated carbocycles. The number of aliphatic imine (C=N–C) groups is 1. The molecule has 0 unspecified atom stereocenters. The van der Waals surface area contributed by atoms with Crippen molar-refractivity contribution in [2.45, 2.75) is 32.1 Å². The average Bonchev–Trinajstić information content (AvgIpc) is 2.64. The fraction of sp³-hybridized carbons (Fsp3) is 0.600. The number of methoxy groups -OCH3 is 1. The van der Waals surface area contributed by atoms with Crippen LogP contribution in [0.15, 0.2) is 33.7 Å². The predicted octanol–water partition coefficient (Wildman–Crippen LogP) is 2.94. The summed E-state index contributed by atoms with van der Waals surface area (Å²) in [5.74, 6) is 0.765. The second-order valence-corrected chi connectivity index (χ2v) is 7.98. The number of rotatable bonds is 10. The highest BCUT2D eigenvalue weighted by molar-refractivity contribution is 9.10. The van der Waals surface area contributed by atoms with E-state index in [0.29, 0.717) is 17.5 Å². The Balaban J connectivity index is 1.63. The largest absolute Gasteiger partial charge is 0.385 e. The monoisotopic (exact) mass is 438 g/mol. The zero-order chi connectivity index (χ0) is 19.5. The number of benzene rings is 1. The summed E-state index contributed by atoms with van der Waals surface area (Å²) in [5, 5.41) is 9.70. The van der Waals surface area contributed by atoms with Gasteiger partial charge >= 0.3 is 0 Å². The lowest BCUT2D eigenvalue weighted by Crippen LogP contribution is -2.47. The molecule has 1 aromatic rings. The van der Waals surface area contributed by atoms with Gasteiger partial charge in [0.1, 0.15) is 0 Å². The molecule has 0 heterocycles. The minimum Gasteiger partial charge on any atom is -0.385 e. The second kappa shape index (κ2) is 11.3. The highest BCUT2D eigenvalue weighted by Crippen LogP contribution is 2.43. The first-order chi connectivity index (χ1) is 13.1. The van der Waals surface area contributed by atoms with E-state index in [1.807, 2.05) is 24.3 Å². The molecule has 27 heavy (non-hydrogen) atoms. The molecule has 150 valence electrons. The van der Waals surface area contributed by atoms with Crippen LogP contribution in [0.1, 0.15) is 42.5 Å². The second-order valence-electron chi connectivity index (χ2n) is 7.07. The number of nitrogens with zero attached hydrogens (tertiary/aromatic N) is 1. The molecule has 0 aromatic heterocycles. The molecule has 0 radical (unpaired) electrons.